The first-order valence-corrected chi connectivity index (χ1v) is 11.3. The van der Waals surface area contributed by atoms with Gasteiger partial charge in [-0.1, -0.05) is 6.07 Å². The van der Waals surface area contributed by atoms with Gasteiger partial charge in [0.1, 0.15) is 5.60 Å². The van der Waals surface area contributed by atoms with Gasteiger partial charge in [-0.25, -0.2) is 9.78 Å². The number of carbonyl (C=O) groups excluding carboxylic acids is 1. The highest BCUT2D eigenvalue weighted by Crippen LogP contribution is 2.13. The molecular formula is C22H34N6O2S. The highest BCUT2D eigenvalue weighted by atomic mass is 32.1. The lowest BCUT2D eigenvalue weighted by Gasteiger charge is -2.27. The number of amides is 1. The van der Waals surface area contributed by atoms with Gasteiger partial charge in [-0.05, 0) is 45.7 Å². The number of nitrogens with zero attached hydrogens (tertiary/aromatic N) is 4. The van der Waals surface area contributed by atoms with E-state index in [1.807, 2.05) is 39.1 Å². The predicted molar refractivity (Wildman–Crippen MR) is 125 cm³/mol. The average Bonchev–Trinajstić information content (AvgIpc) is 3.13. The molecule has 0 radical (unpaired) electrons. The lowest BCUT2D eigenvalue weighted by molar-refractivity contribution is 0.0232. The minimum atomic E-state index is -0.537. The average molecular weight is 447 g/mol. The fourth-order valence-electron chi connectivity index (χ4n) is 2.78. The van der Waals surface area contributed by atoms with Crippen molar-refractivity contribution < 1.29 is 9.53 Å². The van der Waals surface area contributed by atoms with Crippen molar-refractivity contribution in [3.05, 3.63) is 46.2 Å². The van der Waals surface area contributed by atoms with Gasteiger partial charge in [0.25, 0.3) is 0 Å². The number of pyridine rings is 1. The Hall–Kier alpha value is -2.68. The minimum absolute atomic E-state index is 0.322. The highest BCUT2D eigenvalue weighted by Gasteiger charge is 2.22. The van der Waals surface area contributed by atoms with Crippen LogP contribution < -0.4 is 10.6 Å². The molecule has 2 aromatic rings. The standard InChI is InChI=1S/C22H34N6O2S/c1-17-14-27-19(31-17)9-12-26-20(23-5)25-11-7-13-28(21(29)30-22(2,3)4)16-18-8-6-10-24-15-18/h6,8,10,14-15H,7,9,11-13,16H2,1-5H3,(H2,23,25,26). The molecule has 2 aromatic heterocycles. The van der Waals surface area contributed by atoms with Crippen molar-refractivity contribution in [2.24, 2.45) is 4.99 Å². The van der Waals surface area contributed by atoms with Crippen LogP contribution >= 0.6 is 11.3 Å². The van der Waals surface area contributed by atoms with E-state index >= 15 is 0 Å². The van der Waals surface area contributed by atoms with E-state index in [0.717, 1.165) is 35.9 Å². The van der Waals surface area contributed by atoms with Gasteiger partial charge in [-0.3, -0.25) is 9.98 Å². The minimum Gasteiger partial charge on any atom is -0.444 e. The first kappa shape index (κ1) is 24.6. The molecular weight excluding hydrogens is 412 g/mol. The monoisotopic (exact) mass is 446 g/mol. The van der Waals surface area contributed by atoms with Crippen molar-refractivity contribution >= 4 is 23.4 Å². The van der Waals surface area contributed by atoms with Crippen LogP contribution in [0.2, 0.25) is 0 Å². The van der Waals surface area contributed by atoms with E-state index in [1.54, 1.807) is 35.7 Å². The number of ether oxygens (including phenoxy) is 1. The Balaban J connectivity index is 1.79. The molecule has 2 heterocycles. The summed E-state index contributed by atoms with van der Waals surface area (Å²) in [6.07, 6.45) is 6.68. The van der Waals surface area contributed by atoms with Gasteiger partial charge in [-0.15, -0.1) is 11.3 Å². The van der Waals surface area contributed by atoms with Crippen molar-refractivity contribution in [3.8, 4) is 0 Å². The molecule has 0 aliphatic carbocycles. The molecule has 0 aliphatic heterocycles. The molecule has 2 N–H and O–H groups in total. The van der Waals surface area contributed by atoms with Gasteiger partial charge in [0.15, 0.2) is 5.96 Å². The van der Waals surface area contributed by atoms with Crippen LogP contribution in [0.25, 0.3) is 0 Å². The van der Waals surface area contributed by atoms with E-state index in [4.69, 9.17) is 4.74 Å². The summed E-state index contributed by atoms with van der Waals surface area (Å²) in [5, 5.41) is 7.71. The van der Waals surface area contributed by atoms with Crippen LogP contribution in [-0.4, -0.2) is 59.2 Å². The SMILES string of the molecule is CN=C(NCCCN(Cc1cccnc1)C(=O)OC(C)(C)C)NCCc1ncc(C)s1. The number of nitrogens with one attached hydrogen (secondary N) is 2. The summed E-state index contributed by atoms with van der Waals surface area (Å²) in [6.45, 7) is 10.1. The van der Waals surface area contributed by atoms with Crippen molar-refractivity contribution in [3.63, 3.8) is 0 Å². The van der Waals surface area contributed by atoms with E-state index in [0.29, 0.717) is 19.6 Å². The van der Waals surface area contributed by atoms with Crippen LogP contribution in [0.1, 0.15) is 42.6 Å². The summed E-state index contributed by atoms with van der Waals surface area (Å²) in [6, 6.07) is 3.82. The third-order valence-electron chi connectivity index (χ3n) is 4.17. The van der Waals surface area contributed by atoms with Gasteiger partial charge in [0, 0.05) is 56.6 Å². The number of aryl methyl sites for hydroxylation is 1. The zero-order chi connectivity index (χ0) is 22.7. The summed E-state index contributed by atoms with van der Waals surface area (Å²) >= 11 is 1.71. The third kappa shape index (κ3) is 9.78. The fraction of sp³-hybridized carbons (Fsp3) is 0.545. The molecule has 2 rings (SSSR count). The highest BCUT2D eigenvalue weighted by molar-refractivity contribution is 7.11. The van der Waals surface area contributed by atoms with Gasteiger partial charge in [0.05, 0.1) is 11.6 Å². The molecule has 8 nitrogen and oxygen atoms in total. The molecule has 0 atom stereocenters. The molecule has 31 heavy (non-hydrogen) atoms. The summed E-state index contributed by atoms with van der Waals surface area (Å²) < 4.78 is 5.57. The van der Waals surface area contributed by atoms with E-state index in [-0.39, 0.29) is 6.09 Å². The largest absolute Gasteiger partial charge is 0.444 e. The van der Waals surface area contributed by atoms with Crippen LogP contribution in [0, 0.1) is 6.92 Å². The normalized spacial score (nSPS) is 11.8. The van der Waals surface area contributed by atoms with Crippen LogP contribution in [0.5, 0.6) is 0 Å². The maximum absolute atomic E-state index is 12.6. The van der Waals surface area contributed by atoms with Crippen molar-refractivity contribution in [2.75, 3.05) is 26.7 Å². The molecule has 0 saturated carbocycles. The number of aliphatic imine (C=N–C) groups is 1. The van der Waals surface area contributed by atoms with Crippen LogP contribution in [0.4, 0.5) is 4.79 Å². The summed E-state index contributed by atoms with van der Waals surface area (Å²) in [5.74, 6) is 0.740. The first-order valence-electron chi connectivity index (χ1n) is 10.5. The molecule has 9 heteroatoms. The molecule has 0 saturated heterocycles. The van der Waals surface area contributed by atoms with E-state index in [1.165, 1.54) is 4.88 Å². The lowest BCUT2D eigenvalue weighted by Crippen LogP contribution is -2.41. The van der Waals surface area contributed by atoms with Gasteiger partial charge in [-0.2, -0.15) is 0 Å². The van der Waals surface area contributed by atoms with Crippen molar-refractivity contribution in [1.82, 2.24) is 25.5 Å². The maximum atomic E-state index is 12.6. The Morgan fingerprint density at radius 3 is 2.65 bits per heavy atom. The molecule has 0 fully saturated rings. The second-order valence-corrected chi connectivity index (χ2v) is 9.48. The smallest absolute Gasteiger partial charge is 0.410 e. The molecule has 170 valence electrons. The molecule has 0 aliphatic rings. The number of carbonyl (C=O) groups is 1. The fourth-order valence-corrected chi connectivity index (χ4v) is 3.56. The zero-order valence-electron chi connectivity index (χ0n) is 19.1. The maximum Gasteiger partial charge on any atom is 0.410 e. The zero-order valence-corrected chi connectivity index (χ0v) is 20.0. The summed E-state index contributed by atoms with van der Waals surface area (Å²) in [5.41, 5.74) is 0.431. The summed E-state index contributed by atoms with van der Waals surface area (Å²) in [7, 11) is 1.75. The number of hydrogen-bond donors (Lipinski definition) is 2. The second kappa shape index (κ2) is 12.2. The van der Waals surface area contributed by atoms with Crippen LogP contribution in [-0.2, 0) is 17.7 Å². The number of thiazole rings is 1. The Morgan fingerprint density at radius 1 is 1.26 bits per heavy atom. The Morgan fingerprint density at radius 2 is 2.03 bits per heavy atom. The van der Waals surface area contributed by atoms with Crippen LogP contribution in [0.3, 0.4) is 0 Å². The van der Waals surface area contributed by atoms with Crippen molar-refractivity contribution in [2.45, 2.75) is 52.7 Å². The molecule has 0 aromatic carbocycles. The molecule has 0 bridgehead atoms. The molecule has 0 spiro atoms. The van der Waals surface area contributed by atoms with E-state index in [9.17, 15) is 4.79 Å². The number of aromatic nitrogens is 2. The summed E-state index contributed by atoms with van der Waals surface area (Å²) in [4.78, 5) is 28.3. The first-order chi connectivity index (χ1) is 14.8. The predicted octanol–water partition coefficient (Wildman–Crippen LogP) is 3.38. The molecule has 1 amide bonds. The Kier molecular flexibility index (Phi) is 9.71. The number of rotatable bonds is 9. The topological polar surface area (TPSA) is 91.7 Å². The second-order valence-electron chi connectivity index (χ2n) is 8.16. The number of hydrogen-bond acceptors (Lipinski definition) is 6. The Labute approximate surface area is 189 Å². The lowest BCUT2D eigenvalue weighted by atomic mass is 10.2. The van der Waals surface area contributed by atoms with E-state index in [2.05, 4.69) is 32.5 Å². The van der Waals surface area contributed by atoms with Gasteiger partial charge in [0.2, 0.25) is 0 Å². The molecule has 0 unspecified atom stereocenters. The van der Waals surface area contributed by atoms with Crippen LogP contribution in [0.15, 0.2) is 35.7 Å². The number of guanidine groups is 1. The third-order valence-corrected chi connectivity index (χ3v) is 5.14. The van der Waals surface area contributed by atoms with Gasteiger partial charge >= 0.3 is 6.09 Å². The quantitative estimate of drug-likeness (QED) is 0.349. The van der Waals surface area contributed by atoms with Gasteiger partial charge < -0.3 is 20.3 Å². The van der Waals surface area contributed by atoms with E-state index < -0.39 is 5.60 Å². The van der Waals surface area contributed by atoms with Crippen molar-refractivity contribution in [1.29, 1.82) is 0 Å². The Bertz CT molecular complexity index is 832.